The third-order valence-corrected chi connectivity index (χ3v) is 6.37. The number of hydrogen-bond acceptors (Lipinski definition) is 5. The van der Waals surface area contributed by atoms with Crippen LogP contribution in [0.3, 0.4) is 0 Å². The Balaban J connectivity index is 1.49. The second-order valence-electron chi connectivity index (χ2n) is 7.69. The molecule has 5 nitrogen and oxygen atoms in total. The zero-order chi connectivity index (χ0) is 20.9. The van der Waals surface area contributed by atoms with E-state index in [0.717, 1.165) is 46.4 Å². The fourth-order valence-corrected chi connectivity index (χ4v) is 4.54. The normalized spacial score (nSPS) is 16.3. The van der Waals surface area contributed by atoms with Crippen molar-refractivity contribution in [1.29, 1.82) is 0 Å². The third kappa shape index (κ3) is 4.82. The topological polar surface area (TPSA) is 58.1 Å². The highest BCUT2D eigenvalue weighted by molar-refractivity contribution is 7.99. The standard InChI is InChI=1S/C24H26N4OS/c1-17-9-11-20(12-10-17)30-24-22(25-13-14-26-24)28-15-5-7-19(16-28)23(29)27-21-8-4-3-6-18(21)2/h3-4,6,8-14,19H,5,7,15-16H2,1-2H3,(H,27,29)/t19-/m0/s1. The zero-order valence-corrected chi connectivity index (χ0v) is 18.2. The van der Waals surface area contributed by atoms with Crippen LogP contribution < -0.4 is 10.2 Å². The summed E-state index contributed by atoms with van der Waals surface area (Å²) in [6.45, 7) is 5.63. The van der Waals surface area contributed by atoms with E-state index in [1.807, 2.05) is 31.2 Å². The molecule has 2 aromatic carbocycles. The molecule has 0 bridgehead atoms. The van der Waals surface area contributed by atoms with Gasteiger partial charge in [-0.25, -0.2) is 9.97 Å². The molecule has 1 aliphatic rings. The van der Waals surface area contributed by atoms with E-state index in [1.165, 1.54) is 5.56 Å². The van der Waals surface area contributed by atoms with Gasteiger partial charge in [0.15, 0.2) is 5.82 Å². The van der Waals surface area contributed by atoms with Crippen LogP contribution in [0.4, 0.5) is 11.5 Å². The Morgan fingerprint density at radius 1 is 1.07 bits per heavy atom. The van der Waals surface area contributed by atoms with Gasteiger partial charge in [0.1, 0.15) is 5.03 Å². The molecule has 4 rings (SSSR count). The summed E-state index contributed by atoms with van der Waals surface area (Å²) in [6, 6.07) is 16.3. The van der Waals surface area contributed by atoms with Crippen molar-refractivity contribution >= 4 is 29.2 Å². The van der Waals surface area contributed by atoms with Crippen molar-refractivity contribution in [1.82, 2.24) is 9.97 Å². The van der Waals surface area contributed by atoms with Gasteiger partial charge in [-0.05, 0) is 50.5 Å². The number of nitrogens with one attached hydrogen (secondary N) is 1. The van der Waals surface area contributed by atoms with E-state index in [2.05, 4.69) is 51.4 Å². The molecule has 0 aliphatic carbocycles. The minimum Gasteiger partial charge on any atom is -0.354 e. The van der Waals surface area contributed by atoms with E-state index in [4.69, 9.17) is 0 Å². The second-order valence-corrected chi connectivity index (χ2v) is 8.75. The van der Waals surface area contributed by atoms with Crippen molar-refractivity contribution in [3.8, 4) is 0 Å². The highest BCUT2D eigenvalue weighted by Gasteiger charge is 2.28. The summed E-state index contributed by atoms with van der Waals surface area (Å²) in [4.78, 5) is 25.5. The molecule has 1 fully saturated rings. The number of benzene rings is 2. The lowest BCUT2D eigenvalue weighted by molar-refractivity contribution is -0.120. The van der Waals surface area contributed by atoms with Crippen LogP contribution in [0.5, 0.6) is 0 Å². The Kier molecular flexibility index (Phi) is 6.33. The fourth-order valence-electron chi connectivity index (χ4n) is 3.66. The van der Waals surface area contributed by atoms with Gasteiger partial charge in [-0.1, -0.05) is 47.7 Å². The predicted molar refractivity (Wildman–Crippen MR) is 122 cm³/mol. The van der Waals surface area contributed by atoms with Gasteiger partial charge < -0.3 is 10.2 Å². The minimum atomic E-state index is -0.0717. The highest BCUT2D eigenvalue weighted by Crippen LogP contribution is 2.34. The van der Waals surface area contributed by atoms with Crippen molar-refractivity contribution in [3.63, 3.8) is 0 Å². The molecule has 1 N–H and O–H groups in total. The van der Waals surface area contributed by atoms with Crippen molar-refractivity contribution in [3.05, 3.63) is 72.1 Å². The number of carbonyl (C=O) groups is 1. The molecule has 1 atom stereocenters. The van der Waals surface area contributed by atoms with Crippen LogP contribution in [0.15, 0.2) is 70.8 Å². The van der Waals surface area contributed by atoms with Gasteiger partial charge in [0.2, 0.25) is 5.91 Å². The summed E-state index contributed by atoms with van der Waals surface area (Å²) >= 11 is 1.61. The fraction of sp³-hybridized carbons (Fsp3) is 0.292. The molecular weight excluding hydrogens is 392 g/mol. The van der Waals surface area contributed by atoms with Crippen LogP contribution in [0.2, 0.25) is 0 Å². The van der Waals surface area contributed by atoms with Crippen molar-refractivity contribution in [2.45, 2.75) is 36.6 Å². The van der Waals surface area contributed by atoms with Gasteiger partial charge in [-0.2, -0.15) is 0 Å². The number of nitrogens with zero attached hydrogens (tertiary/aromatic N) is 3. The smallest absolute Gasteiger partial charge is 0.229 e. The largest absolute Gasteiger partial charge is 0.354 e. The zero-order valence-electron chi connectivity index (χ0n) is 17.3. The third-order valence-electron chi connectivity index (χ3n) is 5.38. The molecule has 6 heteroatoms. The van der Waals surface area contributed by atoms with Crippen LogP contribution in [-0.2, 0) is 4.79 Å². The second kappa shape index (κ2) is 9.30. The number of para-hydroxylation sites is 1. The van der Waals surface area contributed by atoms with E-state index >= 15 is 0 Å². The maximum absolute atomic E-state index is 12.9. The van der Waals surface area contributed by atoms with Gasteiger partial charge in [0.05, 0.1) is 5.92 Å². The summed E-state index contributed by atoms with van der Waals surface area (Å²) in [7, 11) is 0. The molecule has 30 heavy (non-hydrogen) atoms. The van der Waals surface area contributed by atoms with Crippen molar-refractivity contribution < 1.29 is 4.79 Å². The van der Waals surface area contributed by atoms with Crippen molar-refractivity contribution in [2.24, 2.45) is 5.92 Å². The van der Waals surface area contributed by atoms with E-state index in [0.29, 0.717) is 6.54 Å². The van der Waals surface area contributed by atoms with Crippen LogP contribution in [0.25, 0.3) is 0 Å². The van der Waals surface area contributed by atoms with Crippen LogP contribution in [0.1, 0.15) is 24.0 Å². The molecule has 1 aliphatic heterocycles. The molecule has 154 valence electrons. The maximum atomic E-state index is 12.9. The lowest BCUT2D eigenvalue weighted by atomic mass is 9.97. The molecule has 2 heterocycles. The number of aryl methyl sites for hydroxylation is 2. The van der Waals surface area contributed by atoms with Crippen LogP contribution in [-0.4, -0.2) is 29.0 Å². The minimum absolute atomic E-state index is 0.0717. The summed E-state index contributed by atoms with van der Waals surface area (Å²) in [6.07, 6.45) is 5.30. The average molecular weight is 419 g/mol. The van der Waals surface area contributed by atoms with Gasteiger partial charge in [0.25, 0.3) is 0 Å². The number of hydrogen-bond donors (Lipinski definition) is 1. The van der Waals surface area contributed by atoms with Gasteiger partial charge in [-0.3, -0.25) is 4.79 Å². The molecule has 0 radical (unpaired) electrons. The highest BCUT2D eigenvalue weighted by atomic mass is 32.2. The summed E-state index contributed by atoms with van der Waals surface area (Å²) in [5.41, 5.74) is 3.19. The average Bonchev–Trinajstić information content (AvgIpc) is 2.77. The van der Waals surface area contributed by atoms with Gasteiger partial charge in [0, 0.05) is 36.1 Å². The number of amides is 1. The first kappa shape index (κ1) is 20.4. The first-order valence-electron chi connectivity index (χ1n) is 10.3. The summed E-state index contributed by atoms with van der Waals surface area (Å²) in [5.74, 6) is 0.861. The summed E-state index contributed by atoms with van der Waals surface area (Å²) in [5, 5.41) is 3.98. The Morgan fingerprint density at radius 2 is 1.83 bits per heavy atom. The van der Waals surface area contributed by atoms with E-state index in [9.17, 15) is 4.79 Å². The molecular formula is C24H26N4OS. The van der Waals surface area contributed by atoms with E-state index < -0.39 is 0 Å². The molecule has 1 saturated heterocycles. The monoisotopic (exact) mass is 418 g/mol. The number of piperidine rings is 1. The van der Waals surface area contributed by atoms with E-state index in [1.54, 1.807) is 24.2 Å². The van der Waals surface area contributed by atoms with E-state index in [-0.39, 0.29) is 11.8 Å². The Bertz CT molecular complexity index is 1020. The molecule has 0 unspecified atom stereocenters. The predicted octanol–water partition coefficient (Wildman–Crippen LogP) is 5.10. The first-order valence-corrected chi connectivity index (χ1v) is 11.1. The lowest BCUT2D eigenvalue weighted by Crippen LogP contribution is -2.41. The van der Waals surface area contributed by atoms with Crippen LogP contribution in [0, 0.1) is 19.8 Å². The Hall–Kier alpha value is -2.86. The summed E-state index contributed by atoms with van der Waals surface area (Å²) < 4.78 is 0. The number of aromatic nitrogens is 2. The van der Waals surface area contributed by atoms with Crippen molar-refractivity contribution in [2.75, 3.05) is 23.3 Å². The first-order chi connectivity index (χ1) is 14.6. The maximum Gasteiger partial charge on any atom is 0.229 e. The van der Waals surface area contributed by atoms with Gasteiger partial charge in [-0.15, -0.1) is 0 Å². The molecule has 1 amide bonds. The van der Waals surface area contributed by atoms with Gasteiger partial charge >= 0.3 is 0 Å². The quantitative estimate of drug-likeness (QED) is 0.625. The molecule has 1 aromatic heterocycles. The Labute approximate surface area is 181 Å². The molecule has 0 spiro atoms. The number of carbonyl (C=O) groups excluding carboxylic acids is 1. The molecule has 3 aromatic rings. The number of anilines is 2. The number of rotatable bonds is 5. The van der Waals surface area contributed by atoms with Crippen LogP contribution >= 0.6 is 11.8 Å². The Morgan fingerprint density at radius 3 is 2.63 bits per heavy atom. The lowest BCUT2D eigenvalue weighted by Gasteiger charge is -2.33. The molecule has 0 saturated carbocycles. The SMILES string of the molecule is Cc1ccc(Sc2nccnc2N2CCC[C@H](C(=O)Nc3ccccc3C)C2)cc1.